The van der Waals surface area contributed by atoms with E-state index < -0.39 is 18.2 Å². The summed E-state index contributed by atoms with van der Waals surface area (Å²) in [6.07, 6.45) is 62.8. The average Bonchev–Trinajstić information content (AvgIpc) is 3.26. The molecule has 0 aliphatic rings. The largest absolute Gasteiger partial charge is 0.458 e. The van der Waals surface area contributed by atoms with Crippen LogP contribution in [0.4, 0.5) is 0 Å². The number of unbranched alkanes of at least 4 members (excludes halogenated alkanes) is 24. The Morgan fingerprint density at radius 3 is 1.35 bits per heavy atom. The van der Waals surface area contributed by atoms with Gasteiger partial charge in [-0.05, 0) is 76.7 Å². The lowest BCUT2D eigenvalue weighted by Gasteiger charge is -2.23. The second-order valence-corrected chi connectivity index (χ2v) is 17.5. The van der Waals surface area contributed by atoms with Gasteiger partial charge in [0.05, 0.1) is 25.2 Å². The van der Waals surface area contributed by atoms with Crippen molar-refractivity contribution in [3.8, 4) is 0 Å². The Morgan fingerprint density at radius 1 is 0.500 bits per heavy atom. The van der Waals surface area contributed by atoms with Crippen molar-refractivity contribution >= 4 is 11.9 Å². The molecule has 0 aliphatic heterocycles. The summed E-state index contributed by atoms with van der Waals surface area (Å²) in [5.41, 5.74) is 0. The molecule has 0 aromatic heterocycles. The summed E-state index contributed by atoms with van der Waals surface area (Å²) >= 11 is 0. The van der Waals surface area contributed by atoms with Crippen LogP contribution in [0.5, 0.6) is 0 Å². The highest BCUT2D eigenvalue weighted by atomic mass is 16.5. The maximum Gasteiger partial charge on any atom is 0.306 e. The fourth-order valence-electron chi connectivity index (χ4n) is 7.56. The predicted octanol–water partition coefficient (Wildman–Crippen LogP) is 15.8. The zero-order chi connectivity index (χ0) is 45.2. The highest BCUT2D eigenvalue weighted by molar-refractivity contribution is 5.78. The number of carbonyl (C=O) groups excluding carboxylic acids is 2. The number of hydrogen-bond acceptors (Lipinski definition) is 5. The van der Waals surface area contributed by atoms with E-state index in [1.165, 1.54) is 122 Å². The van der Waals surface area contributed by atoms with E-state index >= 15 is 0 Å². The average molecular weight is 866 g/mol. The van der Waals surface area contributed by atoms with Gasteiger partial charge in [-0.2, -0.15) is 0 Å². The number of hydrogen-bond donors (Lipinski definition) is 3. The Kier molecular flexibility index (Phi) is 47.2. The van der Waals surface area contributed by atoms with E-state index in [9.17, 15) is 19.8 Å². The first kappa shape index (κ1) is 59.3. The van der Waals surface area contributed by atoms with Gasteiger partial charge in [0.1, 0.15) is 6.10 Å². The normalized spacial score (nSPS) is 13.8. The third kappa shape index (κ3) is 43.9. The van der Waals surface area contributed by atoms with Gasteiger partial charge in [-0.15, -0.1) is 0 Å². The number of rotatable bonds is 46. The Morgan fingerprint density at radius 2 is 0.903 bits per heavy atom. The molecule has 0 saturated carbocycles. The molecule has 6 heteroatoms. The molecule has 3 unspecified atom stereocenters. The number of aliphatic hydroxyl groups excluding tert-OH is 2. The summed E-state index contributed by atoms with van der Waals surface area (Å²) in [4.78, 5) is 26.1. The fraction of sp³-hybridized carbons (Fsp3) is 0.750. The molecule has 0 aromatic rings. The van der Waals surface area contributed by atoms with Gasteiger partial charge >= 0.3 is 5.97 Å². The Bertz CT molecular complexity index is 1150. The Balaban J connectivity index is 4.70. The van der Waals surface area contributed by atoms with Crippen molar-refractivity contribution in [1.82, 2.24) is 5.32 Å². The van der Waals surface area contributed by atoms with E-state index in [0.717, 1.165) is 77.0 Å². The van der Waals surface area contributed by atoms with E-state index in [-0.39, 0.29) is 24.9 Å². The van der Waals surface area contributed by atoms with Crippen LogP contribution in [0.1, 0.15) is 245 Å². The lowest BCUT2D eigenvalue weighted by atomic mass is 10.0. The Hall–Kier alpha value is -2.70. The molecule has 0 aliphatic carbocycles. The summed E-state index contributed by atoms with van der Waals surface area (Å²) in [7, 11) is 0. The number of aliphatic hydroxyl groups is 2. The number of esters is 1. The van der Waals surface area contributed by atoms with Crippen LogP contribution in [0, 0.1) is 0 Å². The molecular weight excluding hydrogens is 767 g/mol. The van der Waals surface area contributed by atoms with E-state index in [2.05, 4.69) is 86.8 Å². The van der Waals surface area contributed by atoms with Gasteiger partial charge in [0, 0.05) is 6.42 Å². The molecule has 0 radical (unpaired) electrons. The lowest BCUT2D eigenvalue weighted by Crippen LogP contribution is -2.46. The number of carbonyl (C=O) groups is 2. The zero-order valence-electron chi connectivity index (χ0n) is 40.7. The van der Waals surface area contributed by atoms with Gasteiger partial charge in [0.25, 0.3) is 0 Å². The van der Waals surface area contributed by atoms with Gasteiger partial charge in [-0.1, -0.05) is 229 Å². The molecule has 0 fully saturated rings. The van der Waals surface area contributed by atoms with E-state index in [1.54, 1.807) is 6.08 Å². The van der Waals surface area contributed by atoms with Crippen molar-refractivity contribution in [2.24, 2.45) is 0 Å². The van der Waals surface area contributed by atoms with Crippen LogP contribution in [0.25, 0.3) is 0 Å². The van der Waals surface area contributed by atoms with Crippen LogP contribution >= 0.6 is 0 Å². The number of nitrogens with one attached hydrogen (secondary N) is 1. The zero-order valence-corrected chi connectivity index (χ0v) is 40.7. The molecule has 0 bridgehead atoms. The second-order valence-electron chi connectivity index (χ2n) is 17.5. The number of amides is 1. The van der Waals surface area contributed by atoms with E-state index in [0.29, 0.717) is 19.3 Å². The third-order valence-corrected chi connectivity index (χ3v) is 11.5. The highest BCUT2D eigenvalue weighted by Crippen LogP contribution is 2.16. The molecule has 0 rings (SSSR count). The second kappa shape index (κ2) is 49.3. The van der Waals surface area contributed by atoms with Gasteiger partial charge in [0.2, 0.25) is 5.91 Å². The lowest BCUT2D eigenvalue weighted by molar-refractivity contribution is -0.148. The van der Waals surface area contributed by atoms with E-state index in [4.69, 9.17) is 4.74 Å². The van der Waals surface area contributed by atoms with Gasteiger partial charge in [-0.3, -0.25) is 9.59 Å². The smallest absolute Gasteiger partial charge is 0.306 e. The van der Waals surface area contributed by atoms with Crippen molar-refractivity contribution in [2.75, 3.05) is 6.61 Å². The van der Waals surface area contributed by atoms with Crippen molar-refractivity contribution in [2.45, 2.75) is 264 Å². The third-order valence-electron chi connectivity index (χ3n) is 11.5. The number of ether oxygens (including phenoxy) is 1. The molecule has 358 valence electrons. The van der Waals surface area contributed by atoms with Gasteiger partial charge in [-0.25, -0.2) is 0 Å². The maximum absolute atomic E-state index is 13.2. The molecule has 3 N–H and O–H groups in total. The summed E-state index contributed by atoms with van der Waals surface area (Å²) in [5, 5.41) is 23.7. The van der Waals surface area contributed by atoms with Crippen LogP contribution in [0.15, 0.2) is 72.9 Å². The monoisotopic (exact) mass is 866 g/mol. The van der Waals surface area contributed by atoms with Crippen molar-refractivity contribution < 1.29 is 24.5 Å². The van der Waals surface area contributed by atoms with Crippen LogP contribution in [0.3, 0.4) is 0 Å². The molecule has 6 nitrogen and oxygen atoms in total. The van der Waals surface area contributed by atoms with Gasteiger partial charge < -0.3 is 20.3 Å². The first-order chi connectivity index (χ1) is 30.5. The summed E-state index contributed by atoms with van der Waals surface area (Å²) < 4.78 is 5.82. The minimum atomic E-state index is -0.822. The molecule has 0 aromatic carbocycles. The minimum Gasteiger partial charge on any atom is -0.458 e. The predicted molar refractivity (Wildman–Crippen MR) is 268 cm³/mol. The Labute approximate surface area is 383 Å². The highest BCUT2D eigenvalue weighted by Gasteiger charge is 2.23. The van der Waals surface area contributed by atoms with Crippen LogP contribution in [-0.2, 0) is 14.3 Å². The molecule has 3 atom stereocenters. The van der Waals surface area contributed by atoms with Crippen LogP contribution in [-0.4, -0.2) is 46.9 Å². The summed E-state index contributed by atoms with van der Waals surface area (Å²) in [6, 6.07) is -0.745. The topological polar surface area (TPSA) is 95.9 Å². The maximum atomic E-state index is 13.2. The molecule has 62 heavy (non-hydrogen) atoms. The van der Waals surface area contributed by atoms with E-state index in [1.807, 2.05) is 6.08 Å². The summed E-state index contributed by atoms with van der Waals surface area (Å²) in [6.45, 7) is 6.32. The van der Waals surface area contributed by atoms with Crippen LogP contribution in [0.2, 0.25) is 0 Å². The summed E-state index contributed by atoms with van der Waals surface area (Å²) in [5.74, 6) is -0.638. The number of allylic oxidation sites excluding steroid dienone is 11. The molecule has 0 spiro atoms. The molecule has 0 heterocycles. The first-order valence-corrected chi connectivity index (χ1v) is 26.2. The molecule has 0 saturated heterocycles. The molecular formula is C56H99NO5. The fourth-order valence-corrected chi connectivity index (χ4v) is 7.56. The van der Waals surface area contributed by atoms with Crippen molar-refractivity contribution in [1.29, 1.82) is 0 Å². The standard InChI is InChI=1S/C56H99NO5/c1-4-7-10-13-16-19-22-24-26-27-28-29-31-34-37-40-43-46-49-56(61)62-52(47-44-41-38-35-33-30-25-23-20-17-14-11-8-5-2)50-55(60)57-53(51-58)54(59)48-45-42-39-36-32-21-18-15-12-9-6-3/h8,11,17,20,25,28-30,35,38,44,47,52-54,58-59H,4-7,9-10,12-16,18-19,21-24,26-27,31-34,36-37,39-43,45-46,48-51H2,1-3H3,(H,57,60)/b11-8+,20-17+,29-28+,30-25+,38-35+,47-44+. The van der Waals surface area contributed by atoms with Crippen molar-refractivity contribution in [3.63, 3.8) is 0 Å². The SMILES string of the molecule is CC/C=C/C/C=C/C/C=C/C/C=C/C/C=C/C(CC(=O)NC(CO)C(O)CCCCCCCCCCCCC)OC(=O)CCCCCCC/C=C/CCCCCCCCCCC. The quantitative estimate of drug-likeness (QED) is 0.0322. The first-order valence-electron chi connectivity index (χ1n) is 26.2. The van der Waals surface area contributed by atoms with Crippen molar-refractivity contribution in [3.05, 3.63) is 72.9 Å². The molecule has 1 amide bonds. The minimum absolute atomic E-state index is 0.0508. The van der Waals surface area contributed by atoms with Crippen LogP contribution < -0.4 is 5.32 Å². The van der Waals surface area contributed by atoms with Gasteiger partial charge in [0.15, 0.2) is 0 Å².